The van der Waals surface area contributed by atoms with Crippen molar-refractivity contribution in [2.45, 2.75) is 18.9 Å². The molecule has 4 rings (SSSR count). The van der Waals surface area contributed by atoms with E-state index in [0.29, 0.717) is 5.56 Å². The normalized spacial score (nSPS) is 19.0. The van der Waals surface area contributed by atoms with Gasteiger partial charge in [-0.3, -0.25) is 4.90 Å². The van der Waals surface area contributed by atoms with Crippen LogP contribution in [0.5, 0.6) is 17.2 Å². The second kappa shape index (κ2) is 5.18. The standard InChI is InChI=1S/C17H17NO3.BrH/c1-18-5-4-10-6-11(19)8-12-15(10)13(18)7-9-2-3-14(20)17(21)16(9)12;/h2-3,6,8,13,19-21H,4-5,7H2,1H3;1H/p-1. The molecule has 2 aromatic rings. The lowest BCUT2D eigenvalue weighted by atomic mass is 9.77. The van der Waals surface area contributed by atoms with Gasteiger partial charge in [-0.15, -0.1) is 0 Å². The predicted octanol–water partition coefficient (Wildman–Crippen LogP) is -0.441. The Labute approximate surface area is 139 Å². The molecular weight excluding hydrogens is 346 g/mol. The molecule has 0 fully saturated rings. The minimum atomic E-state index is -0.117. The second-order valence-electron chi connectivity index (χ2n) is 5.98. The van der Waals surface area contributed by atoms with Gasteiger partial charge in [0.2, 0.25) is 0 Å². The smallest absolute Gasteiger partial charge is 0.165 e. The fourth-order valence-electron chi connectivity index (χ4n) is 3.74. The van der Waals surface area contributed by atoms with Crippen molar-refractivity contribution in [2.75, 3.05) is 13.6 Å². The number of phenolic OH excluding ortho intramolecular Hbond substituents is 3. The van der Waals surface area contributed by atoms with Gasteiger partial charge in [-0.25, -0.2) is 0 Å². The molecule has 2 aromatic carbocycles. The van der Waals surface area contributed by atoms with Crippen LogP contribution in [0.4, 0.5) is 0 Å². The lowest BCUT2D eigenvalue weighted by molar-refractivity contribution is -0.00000703. The number of hydrogen-bond donors (Lipinski definition) is 3. The average molecular weight is 363 g/mol. The lowest BCUT2D eigenvalue weighted by Crippen LogP contribution is -3.00. The third-order valence-corrected chi connectivity index (χ3v) is 4.78. The molecule has 116 valence electrons. The van der Waals surface area contributed by atoms with E-state index < -0.39 is 0 Å². The van der Waals surface area contributed by atoms with Crippen LogP contribution in [-0.2, 0) is 12.8 Å². The van der Waals surface area contributed by atoms with Crippen molar-refractivity contribution < 1.29 is 32.3 Å². The van der Waals surface area contributed by atoms with Crippen molar-refractivity contribution >= 4 is 0 Å². The van der Waals surface area contributed by atoms with Crippen LogP contribution in [0.1, 0.15) is 22.7 Å². The summed E-state index contributed by atoms with van der Waals surface area (Å²) in [6.07, 6.45) is 1.70. The first kappa shape index (κ1) is 15.2. The third-order valence-electron chi connectivity index (χ3n) is 4.78. The first-order chi connectivity index (χ1) is 10.1. The monoisotopic (exact) mass is 362 g/mol. The van der Waals surface area contributed by atoms with Crippen LogP contribution in [0.15, 0.2) is 24.3 Å². The van der Waals surface area contributed by atoms with Crippen molar-refractivity contribution in [3.63, 3.8) is 0 Å². The van der Waals surface area contributed by atoms with E-state index in [1.807, 2.05) is 12.1 Å². The number of phenols is 3. The van der Waals surface area contributed by atoms with Crippen LogP contribution in [0.3, 0.4) is 0 Å². The van der Waals surface area contributed by atoms with Crippen LogP contribution >= 0.6 is 0 Å². The van der Waals surface area contributed by atoms with Crippen molar-refractivity contribution in [1.29, 1.82) is 0 Å². The Kier molecular flexibility index (Phi) is 3.57. The molecule has 0 bridgehead atoms. The van der Waals surface area contributed by atoms with E-state index in [-0.39, 0.29) is 40.3 Å². The quantitative estimate of drug-likeness (QED) is 0.556. The van der Waals surface area contributed by atoms with Crippen molar-refractivity contribution in [2.24, 2.45) is 0 Å². The molecule has 1 heterocycles. The van der Waals surface area contributed by atoms with Gasteiger partial charge in [0.25, 0.3) is 0 Å². The molecule has 2 aliphatic rings. The molecule has 1 aliphatic carbocycles. The number of rotatable bonds is 0. The van der Waals surface area contributed by atoms with Gasteiger partial charge in [-0.2, -0.15) is 0 Å². The largest absolute Gasteiger partial charge is 1.00 e. The highest BCUT2D eigenvalue weighted by molar-refractivity contribution is 5.83. The van der Waals surface area contributed by atoms with Gasteiger partial charge in [-0.05, 0) is 60.3 Å². The van der Waals surface area contributed by atoms with E-state index in [0.717, 1.165) is 36.1 Å². The molecule has 0 amide bonds. The molecule has 1 unspecified atom stereocenters. The van der Waals surface area contributed by atoms with Gasteiger partial charge in [0, 0.05) is 18.2 Å². The summed E-state index contributed by atoms with van der Waals surface area (Å²) in [4.78, 5) is 2.32. The maximum Gasteiger partial charge on any atom is 0.165 e. The summed E-state index contributed by atoms with van der Waals surface area (Å²) in [6, 6.07) is 7.18. The van der Waals surface area contributed by atoms with Crippen LogP contribution in [0.25, 0.3) is 11.1 Å². The van der Waals surface area contributed by atoms with Gasteiger partial charge in [0.1, 0.15) is 5.75 Å². The number of benzene rings is 2. The Balaban J connectivity index is 0.00000144. The SMILES string of the molecule is CN1CCc2cc(O)cc3c2C1Cc1ccc(O)c(O)c1-3.[Br-]. The molecule has 0 aromatic heterocycles. The molecule has 1 aliphatic heterocycles. The number of likely N-dealkylation sites (N-methyl/N-ethyl adjacent to an activating group) is 1. The van der Waals surface area contributed by atoms with Gasteiger partial charge in [0.05, 0.1) is 0 Å². The van der Waals surface area contributed by atoms with Crippen LogP contribution in [0, 0.1) is 0 Å². The molecule has 4 nitrogen and oxygen atoms in total. The van der Waals surface area contributed by atoms with Crippen LogP contribution in [0.2, 0.25) is 0 Å². The highest BCUT2D eigenvalue weighted by Crippen LogP contribution is 2.50. The Morgan fingerprint density at radius 2 is 1.86 bits per heavy atom. The number of hydrogen-bond acceptors (Lipinski definition) is 4. The molecule has 3 N–H and O–H groups in total. The molecule has 0 saturated heterocycles. The number of fused-ring (bicyclic) bond motifs is 2. The molecule has 0 spiro atoms. The molecule has 0 saturated carbocycles. The first-order valence-corrected chi connectivity index (χ1v) is 7.16. The Bertz CT molecular complexity index is 760. The zero-order chi connectivity index (χ0) is 14.7. The van der Waals surface area contributed by atoms with E-state index in [2.05, 4.69) is 11.9 Å². The first-order valence-electron chi connectivity index (χ1n) is 7.16. The van der Waals surface area contributed by atoms with Gasteiger partial charge >= 0.3 is 0 Å². The summed E-state index contributed by atoms with van der Waals surface area (Å²) in [6.45, 7) is 0.958. The second-order valence-corrected chi connectivity index (χ2v) is 5.98. The summed E-state index contributed by atoms with van der Waals surface area (Å²) >= 11 is 0. The average Bonchev–Trinajstić information content (AvgIpc) is 2.46. The Morgan fingerprint density at radius 3 is 2.64 bits per heavy atom. The van der Waals surface area contributed by atoms with E-state index in [9.17, 15) is 15.3 Å². The lowest BCUT2D eigenvalue weighted by Gasteiger charge is -2.40. The van der Waals surface area contributed by atoms with Crippen LogP contribution < -0.4 is 17.0 Å². The summed E-state index contributed by atoms with van der Waals surface area (Å²) < 4.78 is 0. The summed E-state index contributed by atoms with van der Waals surface area (Å²) in [7, 11) is 2.11. The molecule has 22 heavy (non-hydrogen) atoms. The van der Waals surface area contributed by atoms with Crippen molar-refractivity contribution in [3.8, 4) is 28.4 Å². The van der Waals surface area contributed by atoms with Crippen LogP contribution in [-0.4, -0.2) is 33.8 Å². The number of aromatic hydroxyl groups is 3. The minimum absolute atomic E-state index is 0. The molecule has 5 heteroatoms. The fourth-order valence-corrected chi connectivity index (χ4v) is 3.74. The molecule has 1 atom stereocenters. The molecule has 0 radical (unpaired) electrons. The zero-order valence-electron chi connectivity index (χ0n) is 12.2. The van der Waals surface area contributed by atoms with Crippen molar-refractivity contribution in [3.05, 3.63) is 41.0 Å². The maximum atomic E-state index is 10.3. The third kappa shape index (κ3) is 2.00. The summed E-state index contributed by atoms with van der Waals surface area (Å²) in [5, 5.41) is 30.1. The molecular formula is C17H17BrNO3-. The maximum absolute atomic E-state index is 10.3. The number of nitrogens with zero attached hydrogens (tertiary/aromatic N) is 1. The van der Waals surface area contributed by atoms with Gasteiger partial charge < -0.3 is 32.3 Å². The highest BCUT2D eigenvalue weighted by Gasteiger charge is 2.34. The van der Waals surface area contributed by atoms with E-state index >= 15 is 0 Å². The highest BCUT2D eigenvalue weighted by atomic mass is 79.9. The topological polar surface area (TPSA) is 63.9 Å². The minimum Gasteiger partial charge on any atom is -1.00 e. The Morgan fingerprint density at radius 1 is 1.09 bits per heavy atom. The predicted molar refractivity (Wildman–Crippen MR) is 79.7 cm³/mol. The summed E-state index contributed by atoms with van der Waals surface area (Å²) in [5.74, 6) is 0.00285. The van der Waals surface area contributed by atoms with E-state index in [1.165, 1.54) is 11.6 Å². The van der Waals surface area contributed by atoms with E-state index in [1.54, 1.807) is 6.07 Å². The Hall–Kier alpha value is -1.72. The van der Waals surface area contributed by atoms with Crippen molar-refractivity contribution in [1.82, 2.24) is 4.90 Å². The fraction of sp³-hybridized carbons (Fsp3) is 0.294. The van der Waals surface area contributed by atoms with Gasteiger partial charge in [-0.1, -0.05) is 6.07 Å². The van der Waals surface area contributed by atoms with E-state index in [4.69, 9.17) is 0 Å². The number of halogens is 1. The zero-order valence-corrected chi connectivity index (χ0v) is 13.8. The van der Waals surface area contributed by atoms with Gasteiger partial charge in [0.15, 0.2) is 11.5 Å². The summed E-state index contributed by atoms with van der Waals surface area (Å²) in [5.41, 5.74) is 4.83.